The Labute approximate surface area is 106 Å². The molecule has 0 fully saturated rings. The second kappa shape index (κ2) is 6.05. The van der Waals surface area contributed by atoms with Crippen LogP contribution in [0, 0.1) is 5.82 Å². The SMILES string of the molecule is [N-]=[N+]=NCC(O)C(O)c1cc(Cl)c(F)c(Cl)c1. The van der Waals surface area contributed by atoms with Gasteiger partial charge in [0.15, 0.2) is 5.82 Å². The third-order valence-corrected chi connectivity index (χ3v) is 2.59. The van der Waals surface area contributed by atoms with Crippen LogP contribution in [0.15, 0.2) is 17.2 Å². The van der Waals surface area contributed by atoms with Crippen molar-refractivity contribution in [3.63, 3.8) is 0 Å². The number of halogens is 3. The van der Waals surface area contributed by atoms with Crippen LogP contribution in [0.5, 0.6) is 0 Å². The second-order valence-electron chi connectivity index (χ2n) is 3.22. The highest BCUT2D eigenvalue weighted by atomic mass is 35.5. The highest BCUT2D eigenvalue weighted by Gasteiger charge is 2.20. The summed E-state index contributed by atoms with van der Waals surface area (Å²) in [6, 6.07) is 2.29. The number of nitrogens with zero attached hydrogens (tertiary/aromatic N) is 3. The van der Waals surface area contributed by atoms with Crippen molar-refractivity contribution in [3.8, 4) is 0 Å². The van der Waals surface area contributed by atoms with Gasteiger partial charge in [0.05, 0.1) is 22.7 Å². The van der Waals surface area contributed by atoms with Gasteiger partial charge in [0.1, 0.15) is 6.10 Å². The second-order valence-corrected chi connectivity index (χ2v) is 4.04. The van der Waals surface area contributed by atoms with Gasteiger partial charge >= 0.3 is 0 Å². The first kappa shape index (κ1) is 14.0. The summed E-state index contributed by atoms with van der Waals surface area (Å²) in [6.07, 6.45) is -2.68. The summed E-state index contributed by atoms with van der Waals surface area (Å²) in [5, 5.41) is 21.7. The highest BCUT2D eigenvalue weighted by molar-refractivity contribution is 6.35. The molecule has 8 heteroatoms. The van der Waals surface area contributed by atoms with Gasteiger partial charge in [-0.25, -0.2) is 4.39 Å². The number of benzene rings is 1. The quantitative estimate of drug-likeness (QED) is 0.384. The van der Waals surface area contributed by atoms with Gasteiger partial charge < -0.3 is 10.2 Å². The Bertz CT molecular complexity index is 443. The van der Waals surface area contributed by atoms with Crippen LogP contribution in [0.4, 0.5) is 4.39 Å². The smallest absolute Gasteiger partial charge is 0.160 e. The summed E-state index contributed by atoms with van der Waals surface area (Å²) in [4.78, 5) is 2.44. The Morgan fingerprint density at radius 1 is 1.35 bits per heavy atom. The molecule has 0 saturated carbocycles. The zero-order chi connectivity index (χ0) is 13.0. The number of hydrogen-bond donors (Lipinski definition) is 2. The molecule has 0 radical (unpaired) electrons. The molecule has 0 aliphatic rings. The van der Waals surface area contributed by atoms with Crippen molar-refractivity contribution < 1.29 is 14.6 Å². The Balaban J connectivity index is 2.96. The fourth-order valence-corrected chi connectivity index (χ4v) is 1.69. The molecular weight excluding hydrogens is 272 g/mol. The van der Waals surface area contributed by atoms with Crippen LogP contribution in [0.1, 0.15) is 11.7 Å². The van der Waals surface area contributed by atoms with Gasteiger partial charge in [-0.05, 0) is 23.2 Å². The molecule has 0 saturated heterocycles. The van der Waals surface area contributed by atoms with Crippen LogP contribution >= 0.6 is 23.2 Å². The van der Waals surface area contributed by atoms with Crippen LogP contribution in [0.3, 0.4) is 0 Å². The van der Waals surface area contributed by atoms with Gasteiger partial charge in [-0.3, -0.25) is 0 Å². The molecule has 1 aromatic carbocycles. The van der Waals surface area contributed by atoms with E-state index in [0.29, 0.717) is 0 Å². The van der Waals surface area contributed by atoms with Crippen LogP contribution in [0.25, 0.3) is 10.4 Å². The Morgan fingerprint density at radius 3 is 2.35 bits per heavy atom. The summed E-state index contributed by atoms with van der Waals surface area (Å²) >= 11 is 11.1. The molecule has 5 nitrogen and oxygen atoms in total. The third-order valence-electron chi connectivity index (χ3n) is 2.04. The van der Waals surface area contributed by atoms with E-state index in [9.17, 15) is 14.6 Å². The normalized spacial score (nSPS) is 13.9. The van der Waals surface area contributed by atoms with Crippen molar-refractivity contribution in [2.75, 3.05) is 6.54 Å². The molecule has 0 aliphatic heterocycles. The van der Waals surface area contributed by atoms with Gasteiger partial charge in [0.25, 0.3) is 0 Å². The van der Waals surface area contributed by atoms with E-state index in [-0.39, 0.29) is 22.2 Å². The summed E-state index contributed by atoms with van der Waals surface area (Å²) < 4.78 is 13.1. The first-order chi connectivity index (χ1) is 7.97. The Kier molecular flexibility index (Phi) is 4.99. The number of rotatable bonds is 4. The van der Waals surface area contributed by atoms with Crippen LogP contribution in [0.2, 0.25) is 10.0 Å². The number of aliphatic hydroxyl groups is 2. The molecule has 2 N–H and O–H groups in total. The number of aliphatic hydroxyl groups excluding tert-OH is 2. The molecule has 0 amide bonds. The summed E-state index contributed by atoms with van der Waals surface area (Å²) in [6.45, 7) is -0.315. The minimum absolute atomic E-state index is 0.141. The first-order valence-electron chi connectivity index (χ1n) is 4.48. The zero-order valence-corrected chi connectivity index (χ0v) is 9.90. The molecule has 1 rings (SSSR count). The maximum absolute atomic E-state index is 13.1. The lowest BCUT2D eigenvalue weighted by Crippen LogP contribution is -2.21. The lowest BCUT2D eigenvalue weighted by atomic mass is 10.0. The van der Waals surface area contributed by atoms with Crippen LogP contribution < -0.4 is 0 Å². The van der Waals surface area contributed by atoms with Crippen molar-refractivity contribution in [2.45, 2.75) is 12.2 Å². The Morgan fingerprint density at radius 2 is 1.88 bits per heavy atom. The van der Waals surface area contributed by atoms with Crippen molar-refractivity contribution in [2.24, 2.45) is 5.11 Å². The Hall–Kier alpha value is -1.04. The molecule has 92 valence electrons. The topological polar surface area (TPSA) is 89.2 Å². The molecule has 2 atom stereocenters. The summed E-state index contributed by atoms with van der Waals surface area (Å²) in [7, 11) is 0. The number of hydrogen-bond acceptors (Lipinski definition) is 3. The van der Waals surface area contributed by atoms with Gasteiger partial charge in [-0.1, -0.05) is 28.3 Å². The molecular formula is C9H8Cl2FN3O2. The van der Waals surface area contributed by atoms with Crippen molar-refractivity contribution >= 4 is 23.2 Å². The van der Waals surface area contributed by atoms with Crippen molar-refractivity contribution in [1.82, 2.24) is 0 Å². The van der Waals surface area contributed by atoms with Gasteiger partial charge in [-0.2, -0.15) is 0 Å². The minimum atomic E-state index is -1.36. The molecule has 17 heavy (non-hydrogen) atoms. The van der Waals surface area contributed by atoms with Crippen LogP contribution in [-0.2, 0) is 0 Å². The molecule has 0 spiro atoms. The van der Waals surface area contributed by atoms with E-state index in [4.69, 9.17) is 28.7 Å². The lowest BCUT2D eigenvalue weighted by molar-refractivity contribution is 0.0244. The fourth-order valence-electron chi connectivity index (χ4n) is 1.19. The van der Waals surface area contributed by atoms with E-state index in [1.54, 1.807) is 0 Å². The fraction of sp³-hybridized carbons (Fsp3) is 0.333. The molecule has 0 bridgehead atoms. The molecule has 1 aromatic rings. The van der Waals surface area contributed by atoms with E-state index in [1.807, 2.05) is 0 Å². The highest BCUT2D eigenvalue weighted by Crippen LogP contribution is 2.29. The van der Waals surface area contributed by atoms with Gasteiger partial charge in [0, 0.05) is 4.91 Å². The van der Waals surface area contributed by atoms with E-state index >= 15 is 0 Å². The van der Waals surface area contributed by atoms with Gasteiger partial charge in [0.2, 0.25) is 0 Å². The molecule has 0 heterocycles. The van der Waals surface area contributed by atoms with E-state index in [0.717, 1.165) is 12.1 Å². The van der Waals surface area contributed by atoms with E-state index in [2.05, 4.69) is 10.0 Å². The zero-order valence-electron chi connectivity index (χ0n) is 8.39. The molecule has 0 aliphatic carbocycles. The maximum atomic E-state index is 13.1. The average molecular weight is 280 g/mol. The predicted octanol–water partition coefficient (Wildman–Crippen LogP) is 2.84. The average Bonchev–Trinajstić information content (AvgIpc) is 2.31. The monoisotopic (exact) mass is 279 g/mol. The summed E-state index contributed by atoms with van der Waals surface area (Å²) in [5.41, 5.74) is 8.21. The minimum Gasteiger partial charge on any atom is -0.390 e. The molecule has 2 unspecified atom stereocenters. The van der Waals surface area contributed by atoms with Crippen LogP contribution in [-0.4, -0.2) is 22.9 Å². The first-order valence-corrected chi connectivity index (χ1v) is 5.24. The van der Waals surface area contributed by atoms with Gasteiger partial charge in [-0.15, -0.1) is 0 Å². The predicted molar refractivity (Wildman–Crippen MR) is 61.4 cm³/mol. The largest absolute Gasteiger partial charge is 0.390 e. The van der Waals surface area contributed by atoms with E-state index < -0.39 is 18.0 Å². The lowest BCUT2D eigenvalue weighted by Gasteiger charge is -2.17. The van der Waals surface area contributed by atoms with Crippen molar-refractivity contribution in [3.05, 3.63) is 44.0 Å². The third kappa shape index (κ3) is 3.46. The maximum Gasteiger partial charge on any atom is 0.160 e. The summed E-state index contributed by atoms with van der Waals surface area (Å²) in [5.74, 6) is -0.797. The molecule has 0 aromatic heterocycles. The standard InChI is InChI=1S/C9H8Cl2FN3O2/c10-5-1-4(2-6(11)8(5)12)9(17)7(16)3-14-15-13/h1-2,7,9,16-17H,3H2. The van der Waals surface area contributed by atoms with E-state index in [1.165, 1.54) is 0 Å². The van der Waals surface area contributed by atoms with Crippen molar-refractivity contribution in [1.29, 1.82) is 0 Å². The number of azide groups is 1.